The third-order valence-corrected chi connectivity index (χ3v) is 0.765. The first-order valence-corrected chi connectivity index (χ1v) is 2.71. The van der Waals surface area contributed by atoms with E-state index in [0.717, 1.165) is 0 Å². The third-order valence-electron chi connectivity index (χ3n) is 0.765. The maximum Gasteiger partial charge on any atom is 0.236 e. The number of hydrogen-bond donors (Lipinski definition) is 2. The molecule has 0 aliphatic carbocycles. The maximum absolute atomic E-state index is 10.5. The van der Waals surface area contributed by atoms with E-state index in [1.807, 2.05) is 6.92 Å². The van der Waals surface area contributed by atoms with E-state index in [1.54, 1.807) is 6.92 Å². The summed E-state index contributed by atoms with van der Waals surface area (Å²) < 4.78 is 0. The van der Waals surface area contributed by atoms with Gasteiger partial charge in [0.05, 0.1) is 6.04 Å². The third kappa shape index (κ3) is 5.59. The zero-order chi connectivity index (χ0) is 6.57. The van der Waals surface area contributed by atoms with Crippen molar-refractivity contribution in [2.24, 2.45) is 5.73 Å². The van der Waals surface area contributed by atoms with Crippen molar-refractivity contribution in [3.8, 4) is 0 Å². The number of halogens is 1. The zero-order valence-electron chi connectivity index (χ0n) is 5.68. The van der Waals surface area contributed by atoms with Crippen molar-refractivity contribution < 1.29 is 4.79 Å². The maximum atomic E-state index is 10.5. The van der Waals surface area contributed by atoms with Crippen LogP contribution in [-0.4, -0.2) is 18.5 Å². The summed E-state index contributed by atoms with van der Waals surface area (Å²) in [6.07, 6.45) is 0. The number of rotatable bonds is 2. The van der Waals surface area contributed by atoms with Crippen molar-refractivity contribution in [3.63, 3.8) is 0 Å². The second kappa shape index (κ2) is 5.85. The van der Waals surface area contributed by atoms with Crippen LogP contribution in [0.15, 0.2) is 0 Å². The molecule has 9 heavy (non-hydrogen) atoms. The first kappa shape index (κ1) is 11.5. The zero-order valence-corrected chi connectivity index (χ0v) is 6.49. The predicted molar refractivity (Wildman–Crippen MR) is 39.6 cm³/mol. The van der Waals surface area contributed by atoms with Gasteiger partial charge in [-0.15, -0.1) is 12.4 Å². The SMILES string of the molecule is CCNC(=O)C(C)N.Cl. The molecular weight excluding hydrogens is 140 g/mol. The monoisotopic (exact) mass is 152 g/mol. The van der Waals surface area contributed by atoms with Crippen LogP contribution < -0.4 is 11.1 Å². The standard InChI is InChI=1S/C5H12N2O.ClH/c1-3-7-5(8)4(2)6;/h4H,3,6H2,1-2H3,(H,7,8);1H. The van der Waals surface area contributed by atoms with Crippen LogP contribution in [-0.2, 0) is 4.79 Å². The molecule has 0 saturated heterocycles. The fourth-order valence-corrected chi connectivity index (χ4v) is 0.335. The highest BCUT2D eigenvalue weighted by Crippen LogP contribution is 1.71. The van der Waals surface area contributed by atoms with Gasteiger partial charge in [0.25, 0.3) is 0 Å². The van der Waals surface area contributed by atoms with Crippen molar-refractivity contribution in [3.05, 3.63) is 0 Å². The Kier molecular flexibility index (Phi) is 7.48. The van der Waals surface area contributed by atoms with Crippen LogP contribution >= 0.6 is 12.4 Å². The molecule has 0 aliphatic rings. The molecule has 0 fully saturated rings. The van der Waals surface area contributed by atoms with E-state index in [9.17, 15) is 4.79 Å². The highest BCUT2D eigenvalue weighted by atomic mass is 35.5. The number of hydrogen-bond acceptors (Lipinski definition) is 2. The van der Waals surface area contributed by atoms with E-state index in [4.69, 9.17) is 5.73 Å². The Morgan fingerprint density at radius 1 is 1.78 bits per heavy atom. The summed E-state index contributed by atoms with van der Waals surface area (Å²) in [5, 5.41) is 2.58. The fourth-order valence-electron chi connectivity index (χ4n) is 0.335. The van der Waals surface area contributed by atoms with Gasteiger partial charge in [-0.2, -0.15) is 0 Å². The number of nitrogens with one attached hydrogen (secondary N) is 1. The van der Waals surface area contributed by atoms with Crippen LogP contribution in [0.25, 0.3) is 0 Å². The van der Waals surface area contributed by atoms with Crippen LogP contribution in [0, 0.1) is 0 Å². The summed E-state index contributed by atoms with van der Waals surface area (Å²) >= 11 is 0. The minimum Gasteiger partial charge on any atom is -0.355 e. The smallest absolute Gasteiger partial charge is 0.236 e. The lowest BCUT2D eigenvalue weighted by Gasteiger charge is -2.02. The number of nitrogens with two attached hydrogens (primary N) is 1. The molecule has 3 N–H and O–H groups in total. The van der Waals surface area contributed by atoms with Crippen LogP contribution in [0.4, 0.5) is 0 Å². The minimum atomic E-state index is -0.380. The summed E-state index contributed by atoms with van der Waals surface area (Å²) in [6, 6.07) is -0.380. The Labute approximate surface area is 61.4 Å². The molecule has 0 spiro atoms. The van der Waals surface area contributed by atoms with E-state index in [2.05, 4.69) is 5.32 Å². The molecule has 0 aromatic carbocycles. The van der Waals surface area contributed by atoms with Crippen LogP contribution in [0.5, 0.6) is 0 Å². The molecule has 0 radical (unpaired) electrons. The summed E-state index contributed by atoms with van der Waals surface area (Å²) in [5.41, 5.74) is 5.21. The molecule has 0 rings (SSSR count). The van der Waals surface area contributed by atoms with Crippen molar-refractivity contribution >= 4 is 18.3 Å². The van der Waals surface area contributed by atoms with Crippen LogP contribution in [0.1, 0.15) is 13.8 Å². The summed E-state index contributed by atoms with van der Waals surface area (Å²) in [4.78, 5) is 10.5. The van der Waals surface area contributed by atoms with E-state index in [1.165, 1.54) is 0 Å². The average Bonchev–Trinajstić information content (AvgIpc) is 1.67. The number of carbonyl (C=O) groups is 1. The molecule has 4 heteroatoms. The number of amides is 1. The predicted octanol–water partition coefficient (Wildman–Crippen LogP) is -0.108. The largest absolute Gasteiger partial charge is 0.355 e. The van der Waals surface area contributed by atoms with Crippen molar-refractivity contribution in [2.45, 2.75) is 19.9 Å². The average molecular weight is 153 g/mol. The van der Waals surface area contributed by atoms with Gasteiger partial charge in [0, 0.05) is 6.54 Å². The quantitative estimate of drug-likeness (QED) is 0.580. The van der Waals surface area contributed by atoms with Gasteiger partial charge in [0.2, 0.25) is 5.91 Å². The Hall–Kier alpha value is -0.280. The van der Waals surface area contributed by atoms with Crippen LogP contribution in [0.2, 0.25) is 0 Å². The minimum absolute atomic E-state index is 0. The van der Waals surface area contributed by atoms with Gasteiger partial charge in [-0.1, -0.05) is 0 Å². The lowest BCUT2D eigenvalue weighted by molar-refractivity contribution is -0.121. The van der Waals surface area contributed by atoms with Gasteiger partial charge in [0.15, 0.2) is 0 Å². The van der Waals surface area contributed by atoms with Crippen molar-refractivity contribution in [2.75, 3.05) is 6.54 Å². The molecule has 1 unspecified atom stereocenters. The van der Waals surface area contributed by atoms with Gasteiger partial charge in [-0.3, -0.25) is 4.79 Å². The Bertz CT molecular complexity index is 85.0. The molecular formula is C5H13ClN2O. The van der Waals surface area contributed by atoms with Gasteiger partial charge in [-0.05, 0) is 13.8 Å². The first-order chi connectivity index (χ1) is 3.68. The summed E-state index contributed by atoms with van der Waals surface area (Å²) in [7, 11) is 0. The lowest BCUT2D eigenvalue weighted by atomic mass is 10.3. The molecule has 1 amide bonds. The van der Waals surface area contributed by atoms with E-state index < -0.39 is 0 Å². The molecule has 0 aromatic rings. The molecule has 0 saturated carbocycles. The van der Waals surface area contributed by atoms with E-state index in [0.29, 0.717) is 6.54 Å². The van der Waals surface area contributed by atoms with Gasteiger partial charge >= 0.3 is 0 Å². The topological polar surface area (TPSA) is 55.1 Å². The Morgan fingerprint density at radius 2 is 2.22 bits per heavy atom. The second-order valence-electron chi connectivity index (χ2n) is 1.68. The summed E-state index contributed by atoms with van der Waals surface area (Å²) in [5.74, 6) is -0.0903. The summed E-state index contributed by atoms with van der Waals surface area (Å²) in [6.45, 7) is 4.17. The molecule has 1 atom stereocenters. The highest BCUT2D eigenvalue weighted by Gasteiger charge is 2.02. The highest BCUT2D eigenvalue weighted by molar-refractivity contribution is 5.85. The normalized spacial score (nSPS) is 11.4. The fraction of sp³-hybridized carbons (Fsp3) is 0.800. The molecule has 0 aromatic heterocycles. The Balaban J connectivity index is 0. The van der Waals surface area contributed by atoms with Crippen molar-refractivity contribution in [1.29, 1.82) is 0 Å². The van der Waals surface area contributed by atoms with Gasteiger partial charge in [0.1, 0.15) is 0 Å². The molecule has 0 heterocycles. The number of carbonyl (C=O) groups excluding carboxylic acids is 1. The lowest BCUT2D eigenvalue weighted by Crippen LogP contribution is -2.37. The van der Waals surface area contributed by atoms with E-state index in [-0.39, 0.29) is 24.4 Å². The second-order valence-corrected chi connectivity index (χ2v) is 1.68. The van der Waals surface area contributed by atoms with Crippen LogP contribution in [0.3, 0.4) is 0 Å². The van der Waals surface area contributed by atoms with Gasteiger partial charge in [-0.25, -0.2) is 0 Å². The van der Waals surface area contributed by atoms with E-state index >= 15 is 0 Å². The van der Waals surface area contributed by atoms with Crippen molar-refractivity contribution in [1.82, 2.24) is 5.32 Å². The van der Waals surface area contributed by atoms with Gasteiger partial charge < -0.3 is 11.1 Å². The molecule has 0 bridgehead atoms. The Morgan fingerprint density at radius 3 is 2.33 bits per heavy atom. The molecule has 0 aliphatic heterocycles. The number of likely N-dealkylation sites (N-methyl/N-ethyl adjacent to an activating group) is 1. The molecule has 56 valence electrons. The molecule has 3 nitrogen and oxygen atoms in total. The first-order valence-electron chi connectivity index (χ1n) is 2.71.